The smallest absolute Gasteiger partial charge is 0.399 e. The van der Waals surface area contributed by atoms with Crippen molar-refractivity contribution in [3.63, 3.8) is 0 Å². The third-order valence-corrected chi connectivity index (χ3v) is 5.25. The molecule has 4 nitrogen and oxygen atoms in total. The predicted octanol–water partition coefficient (Wildman–Crippen LogP) is 3.90. The van der Waals surface area contributed by atoms with Crippen molar-refractivity contribution in [3.05, 3.63) is 46.7 Å². The van der Waals surface area contributed by atoms with E-state index >= 15 is 0 Å². The van der Waals surface area contributed by atoms with E-state index in [1.54, 1.807) is 12.4 Å². The van der Waals surface area contributed by atoms with Gasteiger partial charge in [0, 0.05) is 22.9 Å². The van der Waals surface area contributed by atoms with Crippen molar-refractivity contribution in [2.24, 2.45) is 0 Å². The Hall–Kier alpha value is -1.51. The summed E-state index contributed by atoms with van der Waals surface area (Å²) < 4.78 is 52.1. The summed E-state index contributed by atoms with van der Waals surface area (Å²) in [6.07, 6.45) is -1.14. The lowest BCUT2D eigenvalue weighted by atomic mass is 9.82. The van der Waals surface area contributed by atoms with Gasteiger partial charge in [-0.1, -0.05) is 11.6 Å². The van der Waals surface area contributed by atoms with Gasteiger partial charge in [0.15, 0.2) is 0 Å². The van der Waals surface area contributed by atoms with Crippen LogP contribution in [-0.2, 0) is 22.0 Å². The Morgan fingerprint density at radius 1 is 1.15 bits per heavy atom. The number of hydrogen-bond donors (Lipinski definition) is 0. The van der Waals surface area contributed by atoms with Crippen LogP contribution in [0, 0.1) is 0 Å². The van der Waals surface area contributed by atoms with Crippen LogP contribution < -0.4 is 5.46 Å². The first kappa shape index (κ1) is 19.3. The molecule has 3 rings (SSSR count). The average Bonchev–Trinajstić information content (AvgIpc) is 3.03. The number of rotatable bonds is 3. The molecule has 1 aliphatic heterocycles. The van der Waals surface area contributed by atoms with E-state index in [2.05, 4.69) is 5.10 Å². The largest absolute Gasteiger partial charge is 0.498 e. The maximum Gasteiger partial charge on any atom is 0.498 e. The number of alkyl halides is 3. The highest BCUT2D eigenvalue weighted by Crippen LogP contribution is 2.36. The van der Waals surface area contributed by atoms with Crippen molar-refractivity contribution in [2.75, 3.05) is 0 Å². The van der Waals surface area contributed by atoms with Crippen LogP contribution in [0.5, 0.6) is 0 Å². The lowest BCUT2D eigenvalue weighted by Gasteiger charge is -2.32. The van der Waals surface area contributed by atoms with Gasteiger partial charge in [0.1, 0.15) is 0 Å². The Morgan fingerprint density at radius 3 is 2.35 bits per heavy atom. The van der Waals surface area contributed by atoms with Gasteiger partial charge in [-0.25, -0.2) is 0 Å². The predicted molar refractivity (Wildman–Crippen MR) is 93.5 cm³/mol. The molecule has 1 aromatic carbocycles. The molecule has 0 aliphatic carbocycles. The summed E-state index contributed by atoms with van der Waals surface area (Å²) in [4.78, 5) is 0. The van der Waals surface area contributed by atoms with Crippen LogP contribution in [-0.4, -0.2) is 28.1 Å². The van der Waals surface area contributed by atoms with Gasteiger partial charge in [-0.2, -0.15) is 18.3 Å². The zero-order valence-electron chi connectivity index (χ0n) is 14.9. The van der Waals surface area contributed by atoms with Gasteiger partial charge in [-0.05, 0) is 51.5 Å². The van der Waals surface area contributed by atoms with Gasteiger partial charge in [0.25, 0.3) is 0 Å². The molecule has 1 saturated heterocycles. The molecule has 0 saturated carbocycles. The van der Waals surface area contributed by atoms with E-state index in [0.717, 1.165) is 12.1 Å². The highest BCUT2D eigenvalue weighted by Gasteiger charge is 2.52. The van der Waals surface area contributed by atoms with Crippen LogP contribution >= 0.6 is 11.6 Å². The molecule has 2 aromatic rings. The fourth-order valence-electron chi connectivity index (χ4n) is 2.61. The summed E-state index contributed by atoms with van der Waals surface area (Å²) >= 11 is 6.05. The first-order chi connectivity index (χ1) is 11.9. The van der Waals surface area contributed by atoms with Gasteiger partial charge in [-0.3, -0.25) is 4.68 Å². The molecular weight excluding hydrogens is 367 g/mol. The van der Waals surface area contributed by atoms with Crippen LogP contribution in [0.4, 0.5) is 13.2 Å². The quantitative estimate of drug-likeness (QED) is 0.751. The summed E-state index contributed by atoms with van der Waals surface area (Å²) in [5.41, 5.74) is -0.666. The minimum Gasteiger partial charge on any atom is -0.399 e. The molecule has 0 amide bonds. The highest BCUT2D eigenvalue weighted by atomic mass is 35.5. The molecule has 1 aromatic heterocycles. The average molecular weight is 387 g/mol. The second kappa shape index (κ2) is 6.28. The van der Waals surface area contributed by atoms with Crippen molar-refractivity contribution >= 4 is 24.2 Å². The molecule has 1 aliphatic rings. The first-order valence-electron chi connectivity index (χ1n) is 8.13. The molecular formula is C17H19BClF3N2O2. The van der Waals surface area contributed by atoms with E-state index in [0.29, 0.717) is 11.0 Å². The van der Waals surface area contributed by atoms with E-state index in [4.69, 9.17) is 20.9 Å². The minimum absolute atomic E-state index is 0.113. The SMILES string of the molecule is CC1(C)OB(c2cnn(Cc3cc(C(F)(F)F)ccc3Cl)c2)OC1(C)C. The van der Waals surface area contributed by atoms with E-state index in [1.165, 1.54) is 10.7 Å². The molecule has 2 heterocycles. The molecule has 26 heavy (non-hydrogen) atoms. The monoisotopic (exact) mass is 386 g/mol. The topological polar surface area (TPSA) is 36.3 Å². The lowest BCUT2D eigenvalue weighted by molar-refractivity contribution is -0.137. The number of benzene rings is 1. The summed E-state index contributed by atoms with van der Waals surface area (Å²) in [5, 5.41) is 4.46. The lowest BCUT2D eigenvalue weighted by Crippen LogP contribution is -2.41. The maximum absolute atomic E-state index is 12.9. The van der Waals surface area contributed by atoms with Crippen molar-refractivity contribution in [1.82, 2.24) is 9.78 Å². The first-order valence-corrected chi connectivity index (χ1v) is 8.50. The zero-order valence-corrected chi connectivity index (χ0v) is 15.6. The normalized spacial score (nSPS) is 19.2. The number of nitrogens with zero attached hydrogens (tertiary/aromatic N) is 2. The summed E-state index contributed by atoms with van der Waals surface area (Å²) in [6, 6.07) is 3.25. The van der Waals surface area contributed by atoms with Crippen LogP contribution in [0.1, 0.15) is 38.8 Å². The van der Waals surface area contributed by atoms with Crippen LogP contribution in [0.3, 0.4) is 0 Å². The number of hydrogen-bond acceptors (Lipinski definition) is 3. The Bertz CT molecular complexity index is 805. The Balaban J connectivity index is 1.80. The van der Waals surface area contributed by atoms with Gasteiger partial charge < -0.3 is 9.31 Å². The summed E-state index contributed by atoms with van der Waals surface area (Å²) in [7, 11) is -0.578. The molecule has 0 spiro atoms. The zero-order chi connectivity index (χ0) is 19.3. The van der Waals surface area contributed by atoms with Crippen LogP contribution in [0.25, 0.3) is 0 Å². The Kier molecular flexibility index (Phi) is 4.66. The molecule has 1 fully saturated rings. The van der Waals surface area contributed by atoms with E-state index in [1.807, 2.05) is 27.7 Å². The van der Waals surface area contributed by atoms with E-state index in [9.17, 15) is 13.2 Å². The molecule has 0 N–H and O–H groups in total. The van der Waals surface area contributed by atoms with E-state index in [-0.39, 0.29) is 11.6 Å². The molecule has 9 heteroatoms. The van der Waals surface area contributed by atoms with Crippen molar-refractivity contribution in [3.8, 4) is 0 Å². The number of aromatic nitrogens is 2. The highest BCUT2D eigenvalue weighted by molar-refractivity contribution is 6.62. The molecule has 0 unspecified atom stereocenters. The van der Waals surface area contributed by atoms with Crippen molar-refractivity contribution in [1.29, 1.82) is 0 Å². The molecule has 140 valence electrons. The summed E-state index contributed by atoms with van der Waals surface area (Å²) in [5.74, 6) is 0. The Labute approximate surface area is 155 Å². The van der Waals surface area contributed by atoms with Gasteiger partial charge >= 0.3 is 13.3 Å². The second-order valence-corrected chi connectivity index (χ2v) is 7.77. The van der Waals surface area contributed by atoms with Crippen molar-refractivity contribution in [2.45, 2.75) is 51.6 Å². The third kappa shape index (κ3) is 3.63. The van der Waals surface area contributed by atoms with Gasteiger partial charge in [-0.15, -0.1) is 0 Å². The second-order valence-electron chi connectivity index (χ2n) is 7.36. The van der Waals surface area contributed by atoms with E-state index < -0.39 is 30.1 Å². The van der Waals surface area contributed by atoms with Gasteiger partial charge in [0.2, 0.25) is 0 Å². The van der Waals surface area contributed by atoms with Crippen molar-refractivity contribution < 1.29 is 22.5 Å². The van der Waals surface area contributed by atoms with Crippen LogP contribution in [0.15, 0.2) is 30.6 Å². The van der Waals surface area contributed by atoms with Gasteiger partial charge in [0.05, 0.1) is 23.3 Å². The van der Waals surface area contributed by atoms with Crippen LogP contribution in [0.2, 0.25) is 5.02 Å². The molecule has 0 bridgehead atoms. The fraction of sp³-hybridized carbons (Fsp3) is 0.471. The third-order valence-electron chi connectivity index (χ3n) is 4.88. The fourth-order valence-corrected chi connectivity index (χ4v) is 2.79. The molecule has 0 radical (unpaired) electrons. The summed E-state index contributed by atoms with van der Waals surface area (Å²) in [6.45, 7) is 7.89. The maximum atomic E-state index is 12.9. The number of halogens is 4. The standard InChI is InChI=1S/C17H19BClF3N2O2/c1-15(2)16(3,4)26-18(25-15)13-8-23-24(10-13)9-11-7-12(17(20,21)22)5-6-14(11)19/h5-8,10H,9H2,1-4H3. The minimum atomic E-state index is -4.42. The Morgan fingerprint density at radius 2 is 1.77 bits per heavy atom. The molecule has 0 atom stereocenters.